The molecule has 0 saturated carbocycles. The fraction of sp³-hybridized carbons (Fsp3) is 1.00. The second-order valence-electron chi connectivity index (χ2n) is 4.93. The zero-order chi connectivity index (χ0) is 10.7. The molecule has 2 heteroatoms. The van der Waals surface area contributed by atoms with Crippen molar-refractivity contribution in [3.8, 4) is 0 Å². The van der Waals surface area contributed by atoms with E-state index in [2.05, 4.69) is 44.4 Å². The molecule has 0 aliphatic carbocycles. The minimum atomic E-state index is 0.705. The highest BCUT2D eigenvalue weighted by molar-refractivity contribution is 4.83. The minimum absolute atomic E-state index is 0.705. The van der Waals surface area contributed by atoms with E-state index in [9.17, 15) is 0 Å². The average Bonchev–Trinajstić information content (AvgIpc) is 2.16. The van der Waals surface area contributed by atoms with E-state index in [0.717, 1.165) is 12.1 Å². The Hall–Kier alpha value is -0.0800. The molecule has 0 aromatic heterocycles. The highest BCUT2D eigenvalue weighted by Gasteiger charge is 2.27. The molecule has 0 bridgehead atoms. The first-order valence-electron chi connectivity index (χ1n) is 6.06. The van der Waals surface area contributed by atoms with Crippen LogP contribution in [0.2, 0.25) is 0 Å². The first-order chi connectivity index (χ1) is 6.56. The predicted molar refractivity (Wildman–Crippen MR) is 62.6 cm³/mol. The van der Waals surface area contributed by atoms with Gasteiger partial charge >= 0.3 is 0 Å². The fourth-order valence-corrected chi connectivity index (χ4v) is 2.36. The van der Waals surface area contributed by atoms with Gasteiger partial charge in [0, 0.05) is 37.8 Å². The number of rotatable bonds is 3. The predicted octanol–water partition coefficient (Wildman–Crippen LogP) is 2.20. The Bertz CT molecular complexity index is 168. The van der Waals surface area contributed by atoms with Crippen molar-refractivity contribution in [1.82, 2.24) is 9.80 Å². The first-order valence-corrected chi connectivity index (χ1v) is 6.06. The molecule has 2 atom stereocenters. The molecule has 0 N–H and O–H groups in total. The lowest BCUT2D eigenvalue weighted by molar-refractivity contribution is 0.0387. The zero-order valence-electron chi connectivity index (χ0n) is 10.5. The van der Waals surface area contributed by atoms with E-state index in [4.69, 9.17) is 0 Å². The minimum Gasteiger partial charge on any atom is -0.298 e. The van der Waals surface area contributed by atoms with Crippen molar-refractivity contribution < 1.29 is 0 Å². The van der Waals surface area contributed by atoms with E-state index in [1.54, 1.807) is 0 Å². The summed E-state index contributed by atoms with van der Waals surface area (Å²) in [6.07, 6.45) is 1.27. The standard InChI is InChI=1S/C12H26N2/c1-6-11(4)14-8-7-13(10(2)3)9-12(14)5/h10-12H,6-9H2,1-5H3. The summed E-state index contributed by atoms with van der Waals surface area (Å²) in [5.41, 5.74) is 0. The van der Waals surface area contributed by atoms with Gasteiger partial charge in [0.05, 0.1) is 0 Å². The van der Waals surface area contributed by atoms with E-state index < -0.39 is 0 Å². The molecule has 1 aliphatic heterocycles. The van der Waals surface area contributed by atoms with Crippen molar-refractivity contribution in [3.05, 3.63) is 0 Å². The van der Waals surface area contributed by atoms with Gasteiger partial charge in [-0.2, -0.15) is 0 Å². The second kappa shape index (κ2) is 5.13. The third-order valence-corrected chi connectivity index (χ3v) is 3.60. The monoisotopic (exact) mass is 198 g/mol. The Morgan fingerprint density at radius 1 is 1.21 bits per heavy atom. The molecule has 1 heterocycles. The van der Waals surface area contributed by atoms with Crippen molar-refractivity contribution in [2.24, 2.45) is 0 Å². The van der Waals surface area contributed by atoms with E-state index >= 15 is 0 Å². The van der Waals surface area contributed by atoms with E-state index in [1.165, 1.54) is 26.1 Å². The van der Waals surface area contributed by atoms with Crippen molar-refractivity contribution >= 4 is 0 Å². The summed E-state index contributed by atoms with van der Waals surface area (Å²) < 4.78 is 0. The topological polar surface area (TPSA) is 6.48 Å². The highest BCUT2D eigenvalue weighted by atomic mass is 15.3. The van der Waals surface area contributed by atoms with Crippen LogP contribution in [-0.2, 0) is 0 Å². The zero-order valence-corrected chi connectivity index (χ0v) is 10.5. The molecule has 0 radical (unpaired) electrons. The van der Waals surface area contributed by atoms with Gasteiger partial charge in [0.25, 0.3) is 0 Å². The molecule has 1 fully saturated rings. The molecule has 2 nitrogen and oxygen atoms in total. The van der Waals surface area contributed by atoms with Crippen molar-refractivity contribution in [1.29, 1.82) is 0 Å². The van der Waals surface area contributed by atoms with Gasteiger partial charge in [-0.25, -0.2) is 0 Å². The number of hydrogen-bond acceptors (Lipinski definition) is 2. The molecule has 2 unspecified atom stereocenters. The summed E-state index contributed by atoms with van der Waals surface area (Å²) in [5.74, 6) is 0. The lowest BCUT2D eigenvalue weighted by Crippen LogP contribution is -2.56. The number of piperazine rings is 1. The molecule has 1 saturated heterocycles. The van der Waals surface area contributed by atoms with Gasteiger partial charge < -0.3 is 0 Å². The van der Waals surface area contributed by atoms with Crippen molar-refractivity contribution in [3.63, 3.8) is 0 Å². The molecule has 14 heavy (non-hydrogen) atoms. The van der Waals surface area contributed by atoms with Gasteiger partial charge in [-0.15, -0.1) is 0 Å². The van der Waals surface area contributed by atoms with Crippen LogP contribution in [0.5, 0.6) is 0 Å². The molecular weight excluding hydrogens is 172 g/mol. The quantitative estimate of drug-likeness (QED) is 0.686. The van der Waals surface area contributed by atoms with Crippen LogP contribution >= 0.6 is 0 Å². The van der Waals surface area contributed by atoms with Crippen LogP contribution in [0.15, 0.2) is 0 Å². The summed E-state index contributed by atoms with van der Waals surface area (Å²) in [7, 11) is 0. The Labute approximate surface area is 89.3 Å². The number of hydrogen-bond donors (Lipinski definition) is 0. The van der Waals surface area contributed by atoms with Gasteiger partial charge in [0.15, 0.2) is 0 Å². The van der Waals surface area contributed by atoms with Gasteiger partial charge in [-0.1, -0.05) is 6.92 Å². The molecule has 0 aromatic rings. The maximum absolute atomic E-state index is 2.65. The maximum Gasteiger partial charge on any atom is 0.0198 e. The Kier molecular flexibility index (Phi) is 4.39. The van der Waals surface area contributed by atoms with E-state index in [1.807, 2.05) is 0 Å². The maximum atomic E-state index is 2.65. The van der Waals surface area contributed by atoms with Crippen molar-refractivity contribution in [2.45, 2.75) is 59.2 Å². The third kappa shape index (κ3) is 2.71. The Morgan fingerprint density at radius 2 is 1.86 bits per heavy atom. The largest absolute Gasteiger partial charge is 0.298 e. The van der Waals surface area contributed by atoms with Gasteiger partial charge in [0.2, 0.25) is 0 Å². The molecule has 1 rings (SSSR count). The summed E-state index contributed by atoms with van der Waals surface area (Å²) in [5, 5.41) is 0. The van der Waals surface area contributed by atoms with Crippen LogP contribution in [0.3, 0.4) is 0 Å². The highest BCUT2D eigenvalue weighted by Crippen LogP contribution is 2.16. The first kappa shape index (κ1) is 12.0. The third-order valence-electron chi connectivity index (χ3n) is 3.60. The summed E-state index contributed by atoms with van der Waals surface area (Å²) in [4.78, 5) is 5.24. The SMILES string of the molecule is CCC(C)N1CCN(C(C)C)CC1C. The Morgan fingerprint density at radius 3 is 2.29 bits per heavy atom. The summed E-state index contributed by atoms with van der Waals surface area (Å²) in [6.45, 7) is 15.3. The summed E-state index contributed by atoms with van der Waals surface area (Å²) in [6, 6.07) is 2.18. The van der Waals surface area contributed by atoms with E-state index in [-0.39, 0.29) is 0 Å². The summed E-state index contributed by atoms with van der Waals surface area (Å²) >= 11 is 0. The smallest absolute Gasteiger partial charge is 0.0198 e. The van der Waals surface area contributed by atoms with Crippen LogP contribution in [0.4, 0.5) is 0 Å². The van der Waals surface area contributed by atoms with Crippen LogP contribution < -0.4 is 0 Å². The molecule has 0 spiro atoms. The van der Waals surface area contributed by atoms with Gasteiger partial charge in [-0.3, -0.25) is 9.80 Å². The Balaban J connectivity index is 2.47. The lowest BCUT2D eigenvalue weighted by atomic mass is 10.1. The van der Waals surface area contributed by atoms with Crippen LogP contribution in [-0.4, -0.2) is 47.6 Å². The molecule has 84 valence electrons. The van der Waals surface area contributed by atoms with Crippen molar-refractivity contribution in [2.75, 3.05) is 19.6 Å². The molecule has 1 aliphatic rings. The number of nitrogens with zero attached hydrogens (tertiary/aromatic N) is 2. The fourth-order valence-electron chi connectivity index (χ4n) is 2.36. The second-order valence-corrected chi connectivity index (χ2v) is 4.93. The molecule has 0 aromatic carbocycles. The van der Waals surface area contributed by atoms with Crippen LogP contribution in [0.25, 0.3) is 0 Å². The van der Waals surface area contributed by atoms with Gasteiger partial charge in [-0.05, 0) is 34.1 Å². The van der Waals surface area contributed by atoms with Crippen LogP contribution in [0, 0.1) is 0 Å². The normalized spacial score (nSPS) is 28.3. The molecular formula is C12H26N2. The van der Waals surface area contributed by atoms with E-state index in [0.29, 0.717) is 6.04 Å². The van der Waals surface area contributed by atoms with Crippen LogP contribution in [0.1, 0.15) is 41.0 Å². The average molecular weight is 198 g/mol. The van der Waals surface area contributed by atoms with Gasteiger partial charge in [0.1, 0.15) is 0 Å². The molecule has 0 amide bonds. The lowest BCUT2D eigenvalue weighted by Gasteiger charge is -2.44.